The third-order valence-corrected chi connectivity index (χ3v) is 3.45. The monoisotopic (exact) mass is 286 g/mol. The molecule has 108 valence electrons. The van der Waals surface area contributed by atoms with Crippen molar-refractivity contribution in [1.82, 2.24) is 10.1 Å². The van der Waals surface area contributed by atoms with Gasteiger partial charge in [-0.15, -0.1) is 0 Å². The highest BCUT2D eigenvalue weighted by molar-refractivity contribution is 6.02. The molecule has 1 saturated heterocycles. The molecular formula is C14H14N4O3. The molecule has 0 radical (unpaired) electrons. The first kappa shape index (κ1) is 13.2. The van der Waals surface area contributed by atoms with E-state index in [4.69, 9.17) is 10.3 Å². The van der Waals surface area contributed by atoms with Crippen LogP contribution < -0.4 is 10.6 Å². The lowest BCUT2D eigenvalue weighted by Gasteiger charge is -2.31. The minimum atomic E-state index is -0.210. The number of anilines is 2. The number of nitrogen functional groups attached to an aromatic ring is 1. The number of amides is 2. The smallest absolute Gasteiger partial charge is 0.248 e. The van der Waals surface area contributed by atoms with Crippen molar-refractivity contribution in [3.63, 3.8) is 0 Å². The van der Waals surface area contributed by atoms with Crippen LogP contribution >= 0.6 is 0 Å². The van der Waals surface area contributed by atoms with Crippen LogP contribution in [0, 0.1) is 0 Å². The summed E-state index contributed by atoms with van der Waals surface area (Å²) in [6.45, 7) is 0.383. The van der Waals surface area contributed by atoms with Crippen LogP contribution in [0.1, 0.15) is 0 Å². The molecule has 1 fully saturated rings. The van der Waals surface area contributed by atoms with Crippen LogP contribution in [-0.2, 0) is 9.59 Å². The SMILES string of the molecule is CN1C(=O)CN(c2ccc(-c3cc(N)no3)cc2)CC1=O. The molecule has 2 heterocycles. The van der Waals surface area contributed by atoms with E-state index in [0.717, 1.165) is 16.2 Å². The molecule has 0 bridgehead atoms. The predicted molar refractivity (Wildman–Crippen MR) is 76.3 cm³/mol. The number of aromatic nitrogens is 1. The first-order chi connectivity index (χ1) is 10.0. The molecule has 2 N–H and O–H groups in total. The van der Waals surface area contributed by atoms with Crippen LogP contribution in [0.3, 0.4) is 0 Å². The largest absolute Gasteiger partial charge is 0.381 e. The second kappa shape index (κ2) is 4.93. The summed E-state index contributed by atoms with van der Waals surface area (Å²) in [5, 5.41) is 3.63. The Kier molecular flexibility index (Phi) is 3.09. The van der Waals surface area contributed by atoms with Crippen LogP contribution in [0.5, 0.6) is 0 Å². The summed E-state index contributed by atoms with van der Waals surface area (Å²) >= 11 is 0. The zero-order valence-electron chi connectivity index (χ0n) is 11.4. The molecule has 1 aromatic heterocycles. The summed E-state index contributed by atoms with van der Waals surface area (Å²) in [7, 11) is 1.50. The van der Waals surface area contributed by atoms with Crippen molar-refractivity contribution < 1.29 is 14.1 Å². The Bertz CT molecular complexity index is 674. The molecule has 7 nitrogen and oxygen atoms in total. The number of nitrogens with zero attached hydrogens (tertiary/aromatic N) is 3. The van der Waals surface area contributed by atoms with E-state index in [2.05, 4.69) is 5.16 Å². The molecule has 1 aromatic carbocycles. The maximum atomic E-state index is 11.7. The van der Waals surface area contributed by atoms with Gasteiger partial charge in [-0.3, -0.25) is 14.5 Å². The van der Waals surface area contributed by atoms with Crippen LogP contribution in [0.4, 0.5) is 11.5 Å². The number of likely N-dealkylation sites (N-methyl/N-ethyl adjacent to an activating group) is 1. The first-order valence-electron chi connectivity index (χ1n) is 6.41. The number of hydrogen-bond acceptors (Lipinski definition) is 6. The minimum Gasteiger partial charge on any atom is -0.381 e. The Labute approximate surface area is 120 Å². The lowest BCUT2D eigenvalue weighted by Crippen LogP contribution is -2.52. The summed E-state index contributed by atoms with van der Waals surface area (Å²) in [4.78, 5) is 26.3. The Balaban J connectivity index is 1.81. The van der Waals surface area contributed by atoms with Gasteiger partial charge in [0.15, 0.2) is 11.6 Å². The van der Waals surface area contributed by atoms with Gasteiger partial charge in [0.25, 0.3) is 0 Å². The van der Waals surface area contributed by atoms with Crippen LogP contribution in [0.15, 0.2) is 34.9 Å². The second-order valence-electron chi connectivity index (χ2n) is 4.87. The Morgan fingerprint density at radius 3 is 2.29 bits per heavy atom. The molecule has 1 aliphatic heterocycles. The number of carbonyl (C=O) groups excluding carboxylic acids is 2. The van der Waals surface area contributed by atoms with Crippen molar-refractivity contribution in [3.05, 3.63) is 30.3 Å². The van der Waals surface area contributed by atoms with Gasteiger partial charge in [0.2, 0.25) is 11.8 Å². The third-order valence-electron chi connectivity index (χ3n) is 3.45. The molecule has 0 spiro atoms. The number of hydrogen-bond donors (Lipinski definition) is 1. The molecule has 0 saturated carbocycles. The van der Waals surface area contributed by atoms with Crippen LogP contribution in [-0.4, -0.2) is 42.0 Å². The van der Waals surface area contributed by atoms with Crippen molar-refractivity contribution in [2.24, 2.45) is 0 Å². The third kappa shape index (κ3) is 2.45. The van der Waals surface area contributed by atoms with Crippen LogP contribution in [0.25, 0.3) is 11.3 Å². The average molecular weight is 286 g/mol. The van der Waals surface area contributed by atoms with E-state index < -0.39 is 0 Å². The zero-order chi connectivity index (χ0) is 15.0. The normalized spacial score (nSPS) is 15.7. The Morgan fingerprint density at radius 1 is 1.14 bits per heavy atom. The van der Waals surface area contributed by atoms with Crippen molar-refractivity contribution in [2.45, 2.75) is 0 Å². The van der Waals surface area contributed by atoms with Gasteiger partial charge in [0, 0.05) is 24.4 Å². The fraction of sp³-hybridized carbons (Fsp3) is 0.214. The van der Waals surface area contributed by atoms with E-state index in [1.807, 2.05) is 24.3 Å². The highest BCUT2D eigenvalue weighted by atomic mass is 16.5. The number of imide groups is 1. The average Bonchev–Trinajstić information content (AvgIpc) is 2.91. The van der Waals surface area contributed by atoms with Crippen molar-refractivity contribution >= 4 is 23.3 Å². The minimum absolute atomic E-state index is 0.191. The summed E-state index contributed by atoms with van der Waals surface area (Å²) < 4.78 is 5.08. The molecule has 0 aliphatic carbocycles. The second-order valence-corrected chi connectivity index (χ2v) is 4.87. The highest BCUT2D eigenvalue weighted by Gasteiger charge is 2.28. The quantitative estimate of drug-likeness (QED) is 0.818. The lowest BCUT2D eigenvalue weighted by molar-refractivity contribution is -0.143. The molecule has 21 heavy (non-hydrogen) atoms. The fourth-order valence-electron chi connectivity index (χ4n) is 2.18. The number of nitrogens with two attached hydrogens (primary N) is 1. The summed E-state index contributed by atoms with van der Waals surface area (Å²) in [6, 6.07) is 8.98. The predicted octanol–water partition coefficient (Wildman–Crippen LogP) is 0.729. The van der Waals surface area contributed by atoms with E-state index in [-0.39, 0.29) is 24.9 Å². The van der Waals surface area contributed by atoms with Crippen molar-refractivity contribution in [1.29, 1.82) is 0 Å². The van der Waals surface area contributed by atoms with E-state index in [9.17, 15) is 9.59 Å². The molecule has 0 atom stereocenters. The molecule has 3 rings (SSSR count). The topological polar surface area (TPSA) is 92.7 Å². The van der Waals surface area contributed by atoms with Gasteiger partial charge < -0.3 is 15.2 Å². The van der Waals surface area contributed by atoms with Gasteiger partial charge in [-0.2, -0.15) is 0 Å². The number of benzene rings is 1. The van der Waals surface area contributed by atoms with E-state index in [1.165, 1.54) is 7.05 Å². The molecule has 2 amide bonds. The van der Waals surface area contributed by atoms with E-state index in [0.29, 0.717) is 11.6 Å². The fourth-order valence-corrected chi connectivity index (χ4v) is 2.18. The Morgan fingerprint density at radius 2 is 1.76 bits per heavy atom. The van der Waals surface area contributed by atoms with Crippen LogP contribution in [0.2, 0.25) is 0 Å². The molecule has 0 unspecified atom stereocenters. The van der Waals surface area contributed by atoms with Gasteiger partial charge in [-0.1, -0.05) is 5.16 Å². The van der Waals surface area contributed by atoms with E-state index >= 15 is 0 Å². The standard InChI is InChI=1S/C14H14N4O3/c1-17-13(19)7-18(8-14(17)20)10-4-2-9(3-5-10)11-6-12(15)16-21-11/h2-6H,7-8H2,1H3,(H2,15,16). The zero-order valence-corrected chi connectivity index (χ0v) is 11.4. The molecular weight excluding hydrogens is 272 g/mol. The van der Waals surface area contributed by atoms with Gasteiger partial charge >= 0.3 is 0 Å². The maximum Gasteiger partial charge on any atom is 0.248 e. The number of carbonyl (C=O) groups is 2. The van der Waals surface area contributed by atoms with Gasteiger partial charge in [-0.05, 0) is 24.3 Å². The maximum absolute atomic E-state index is 11.7. The van der Waals surface area contributed by atoms with Crippen molar-refractivity contribution in [2.75, 3.05) is 30.8 Å². The summed E-state index contributed by atoms with van der Waals surface area (Å²) in [5.41, 5.74) is 7.15. The number of rotatable bonds is 2. The van der Waals surface area contributed by atoms with E-state index in [1.54, 1.807) is 11.0 Å². The lowest BCUT2D eigenvalue weighted by atomic mass is 10.1. The molecule has 2 aromatic rings. The first-order valence-corrected chi connectivity index (χ1v) is 6.41. The summed E-state index contributed by atoms with van der Waals surface area (Å²) in [6.07, 6.45) is 0. The van der Waals surface area contributed by atoms with Crippen molar-refractivity contribution in [3.8, 4) is 11.3 Å². The molecule has 7 heteroatoms. The molecule has 1 aliphatic rings. The Hall–Kier alpha value is -2.83. The summed E-state index contributed by atoms with van der Waals surface area (Å²) in [5.74, 6) is 0.477. The van der Waals surface area contributed by atoms with Gasteiger partial charge in [0.1, 0.15) is 0 Å². The number of piperazine rings is 1. The highest BCUT2D eigenvalue weighted by Crippen LogP contribution is 2.25. The van der Waals surface area contributed by atoms with Gasteiger partial charge in [0.05, 0.1) is 13.1 Å². The van der Waals surface area contributed by atoms with Gasteiger partial charge in [-0.25, -0.2) is 0 Å².